The largest absolute Gasteiger partial charge is 0.350 e. The molecule has 4 aromatic rings. The van der Waals surface area contributed by atoms with Gasteiger partial charge in [-0.3, -0.25) is 9.59 Å². The molecule has 0 unspecified atom stereocenters. The Hall–Kier alpha value is -3.65. The van der Waals surface area contributed by atoms with E-state index in [0.29, 0.717) is 5.69 Å². The Labute approximate surface area is 182 Å². The normalized spacial score (nSPS) is 10.8. The molecule has 0 fully saturated rings. The van der Waals surface area contributed by atoms with Gasteiger partial charge in [0.05, 0.1) is 22.7 Å². The molecule has 2 aromatic carbocycles. The first-order chi connectivity index (χ1) is 15.0. The number of nitrogens with one attached hydrogen (secondary N) is 1. The summed E-state index contributed by atoms with van der Waals surface area (Å²) < 4.78 is 15.0. The van der Waals surface area contributed by atoms with Crippen molar-refractivity contribution in [3.05, 3.63) is 94.2 Å². The van der Waals surface area contributed by atoms with Gasteiger partial charge < -0.3 is 5.32 Å². The summed E-state index contributed by atoms with van der Waals surface area (Å²) in [5.41, 5.74) is 2.16. The van der Waals surface area contributed by atoms with E-state index in [1.54, 1.807) is 12.1 Å². The van der Waals surface area contributed by atoms with Crippen molar-refractivity contribution in [2.75, 3.05) is 6.54 Å². The second-order valence-electron chi connectivity index (χ2n) is 6.82. The Morgan fingerprint density at radius 3 is 2.58 bits per heavy atom. The minimum Gasteiger partial charge on any atom is -0.350 e. The zero-order chi connectivity index (χ0) is 21.8. The molecule has 0 aliphatic heterocycles. The molecule has 2 heterocycles. The van der Waals surface area contributed by atoms with Gasteiger partial charge in [-0.05, 0) is 25.1 Å². The highest BCUT2D eigenvalue weighted by Crippen LogP contribution is 2.33. The molecule has 6 nitrogen and oxygen atoms in total. The zero-order valence-electron chi connectivity index (χ0n) is 16.7. The number of amides is 1. The summed E-state index contributed by atoms with van der Waals surface area (Å²) in [5, 5.41) is 7.95. The molecule has 156 valence electrons. The number of thiazole rings is 1. The van der Waals surface area contributed by atoms with Crippen molar-refractivity contribution in [2.24, 2.45) is 0 Å². The predicted octanol–water partition coefficient (Wildman–Crippen LogP) is 3.91. The molecular weight excluding hydrogens is 415 g/mol. The van der Waals surface area contributed by atoms with Gasteiger partial charge >= 0.3 is 0 Å². The summed E-state index contributed by atoms with van der Waals surface area (Å²) in [4.78, 5) is 29.9. The van der Waals surface area contributed by atoms with Crippen molar-refractivity contribution in [2.45, 2.75) is 13.5 Å². The van der Waals surface area contributed by atoms with Crippen LogP contribution >= 0.6 is 11.3 Å². The molecule has 1 N–H and O–H groups in total. The number of hydrogen-bond acceptors (Lipinski definition) is 5. The van der Waals surface area contributed by atoms with E-state index in [1.165, 1.54) is 40.3 Å². The Kier molecular flexibility index (Phi) is 5.99. The van der Waals surface area contributed by atoms with Gasteiger partial charge in [-0.15, -0.1) is 11.3 Å². The predicted molar refractivity (Wildman–Crippen MR) is 119 cm³/mol. The summed E-state index contributed by atoms with van der Waals surface area (Å²) in [7, 11) is 0. The number of nitrogens with zero attached hydrogens (tertiary/aromatic N) is 3. The van der Waals surface area contributed by atoms with Crippen LogP contribution in [-0.2, 0) is 6.54 Å². The van der Waals surface area contributed by atoms with Crippen molar-refractivity contribution < 1.29 is 9.18 Å². The molecule has 0 radical (unpaired) electrons. The lowest BCUT2D eigenvalue weighted by Crippen LogP contribution is -2.32. The molecular formula is C23H19FN4O2S. The number of benzene rings is 2. The zero-order valence-corrected chi connectivity index (χ0v) is 17.5. The van der Waals surface area contributed by atoms with E-state index >= 15 is 0 Å². The highest BCUT2D eigenvalue weighted by atomic mass is 32.1. The molecule has 0 aliphatic rings. The van der Waals surface area contributed by atoms with Crippen molar-refractivity contribution in [3.8, 4) is 21.1 Å². The van der Waals surface area contributed by atoms with E-state index in [4.69, 9.17) is 0 Å². The van der Waals surface area contributed by atoms with Gasteiger partial charge in [-0.2, -0.15) is 5.10 Å². The van der Waals surface area contributed by atoms with Gasteiger partial charge in [-0.25, -0.2) is 14.1 Å². The fourth-order valence-electron chi connectivity index (χ4n) is 3.08. The smallest absolute Gasteiger partial charge is 0.266 e. The van der Waals surface area contributed by atoms with Crippen LogP contribution in [0.3, 0.4) is 0 Å². The molecule has 4 rings (SSSR count). The maximum atomic E-state index is 13.7. The van der Waals surface area contributed by atoms with Crippen LogP contribution in [0.2, 0.25) is 0 Å². The maximum absolute atomic E-state index is 13.7. The lowest BCUT2D eigenvalue weighted by Gasteiger charge is -2.08. The standard InChI is InChI=1S/C23H19FN4O2S/c1-15-21(31-23(26-15)16-7-3-2-4-8-16)19-11-12-20(29)28(27-19)14-13-25-22(30)17-9-5-6-10-18(17)24/h2-12H,13-14H2,1H3,(H,25,30). The van der Waals surface area contributed by atoms with Gasteiger partial charge in [0.15, 0.2) is 0 Å². The number of rotatable bonds is 6. The highest BCUT2D eigenvalue weighted by molar-refractivity contribution is 7.18. The number of carbonyl (C=O) groups excluding carboxylic acids is 1. The first-order valence-corrected chi connectivity index (χ1v) is 10.5. The van der Waals surface area contributed by atoms with Crippen LogP contribution in [-0.4, -0.2) is 27.2 Å². The van der Waals surface area contributed by atoms with Crippen LogP contribution in [0.4, 0.5) is 4.39 Å². The summed E-state index contributed by atoms with van der Waals surface area (Å²) >= 11 is 1.51. The maximum Gasteiger partial charge on any atom is 0.266 e. The van der Waals surface area contributed by atoms with Gasteiger partial charge in [0.25, 0.3) is 11.5 Å². The fourth-order valence-corrected chi connectivity index (χ4v) is 4.12. The van der Waals surface area contributed by atoms with E-state index in [-0.39, 0.29) is 24.2 Å². The molecule has 1 amide bonds. The molecule has 0 saturated carbocycles. The van der Waals surface area contributed by atoms with E-state index in [1.807, 2.05) is 37.3 Å². The Bertz CT molecular complexity index is 1280. The quantitative estimate of drug-likeness (QED) is 0.499. The molecule has 8 heteroatoms. The summed E-state index contributed by atoms with van der Waals surface area (Å²) in [6.45, 7) is 2.21. The topological polar surface area (TPSA) is 76.9 Å². The third-order valence-electron chi connectivity index (χ3n) is 4.64. The second-order valence-corrected chi connectivity index (χ2v) is 7.81. The average Bonchev–Trinajstić information content (AvgIpc) is 3.17. The van der Waals surface area contributed by atoms with Crippen LogP contribution < -0.4 is 10.9 Å². The van der Waals surface area contributed by atoms with E-state index < -0.39 is 11.7 Å². The average molecular weight is 434 g/mol. The minimum absolute atomic E-state index is 0.0368. The van der Waals surface area contributed by atoms with Crippen LogP contribution in [0.25, 0.3) is 21.1 Å². The van der Waals surface area contributed by atoms with Crippen LogP contribution in [0.5, 0.6) is 0 Å². The van der Waals surface area contributed by atoms with Crippen molar-refractivity contribution in [1.82, 2.24) is 20.1 Å². The van der Waals surface area contributed by atoms with Crippen molar-refractivity contribution in [1.29, 1.82) is 0 Å². The van der Waals surface area contributed by atoms with Crippen molar-refractivity contribution in [3.63, 3.8) is 0 Å². The molecule has 0 atom stereocenters. The van der Waals surface area contributed by atoms with Gasteiger partial charge in [-0.1, -0.05) is 42.5 Å². The first-order valence-electron chi connectivity index (χ1n) is 9.67. The lowest BCUT2D eigenvalue weighted by molar-refractivity contribution is 0.0947. The number of hydrogen-bond donors (Lipinski definition) is 1. The van der Waals surface area contributed by atoms with E-state index in [0.717, 1.165) is 21.1 Å². The Morgan fingerprint density at radius 1 is 1.06 bits per heavy atom. The third kappa shape index (κ3) is 4.59. The molecule has 0 saturated heterocycles. The molecule has 0 aliphatic carbocycles. The Balaban J connectivity index is 1.50. The van der Waals surface area contributed by atoms with E-state index in [9.17, 15) is 14.0 Å². The first kappa shape index (κ1) is 20.6. The van der Waals surface area contributed by atoms with E-state index in [2.05, 4.69) is 15.4 Å². The van der Waals surface area contributed by atoms with Gasteiger partial charge in [0, 0.05) is 18.2 Å². The SMILES string of the molecule is Cc1nc(-c2ccccc2)sc1-c1ccc(=O)n(CCNC(=O)c2ccccc2F)n1. The van der Waals surface area contributed by atoms with Crippen LogP contribution in [0, 0.1) is 12.7 Å². The molecule has 2 aromatic heterocycles. The van der Waals surface area contributed by atoms with Crippen molar-refractivity contribution >= 4 is 17.2 Å². The van der Waals surface area contributed by atoms with Crippen LogP contribution in [0.15, 0.2) is 71.5 Å². The lowest BCUT2D eigenvalue weighted by atomic mass is 10.2. The van der Waals surface area contributed by atoms with Gasteiger partial charge in [0.1, 0.15) is 16.5 Å². The summed E-state index contributed by atoms with van der Waals surface area (Å²) in [6, 6.07) is 18.7. The number of aromatic nitrogens is 3. The number of aryl methyl sites for hydroxylation is 1. The monoisotopic (exact) mass is 434 g/mol. The molecule has 0 bridgehead atoms. The minimum atomic E-state index is -0.591. The number of halogens is 1. The summed E-state index contributed by atoms with van der Waals surface area (Å²) in [6.07, 6.45) is 0. The number of carbonyl (C=O) groups is 1. The third-order valence-corrected chi connectivity index (χ3v) is 5.87. The molecule has 31 heavy (non-hydrogen) atoms. The fraction of sp³-hybridized carbons (Fsp3) is 0.130. The molecule has 0 spiro atoms. The second kappa shape index (κ2) is 9.01. The highest BCUT2D eigenvalue weighted by Gasteiger charge is 2.14. The summed E-state index contributed by atoms with van der Waals surface area (Å²) in [5.74, 6) is -1.12. The van der Waals surface area contributed by atoms with Crippen LogP contribution in [0.1, 0.15) is 16.1 Å². The van der Waals surface area contributed by atoms with Gasteiger partial charge in [0.2, 0.25) is 0 Å². The Morgan fingerprint density at radius 2 is 1.81 bits per heavy atom.